The highest BCUT2D eigenvalue weighted by atomic mass is 16.6. The van der Waals surface area contributed by atoms with Gasteiger partial charge >= 0.3 is 12.1 Å². The summed E-state index contributed by atoms with van der Waals surface area (Å²) in [7, 11) is 1.27. The van der Waals surface area contributed by atoms with Crippen LogP contribution in [-0.2, 0) is 14.3 Å². The lowest BCUT2D eigenvalue weighted by atomic mass is 10.0. The van der Waals surface area contributed by atoms with E-state index in [9.17, 15) is 19.2 Å². The zero-order valence-corrected chi connectivity index (χ0v) is 13.8. The fourth-order valence-corrected chi connectivity index (χ4v) is 3.17. The van der Waals surface area contributed by atoms with E-state index in [2.05, 4.69) is 0 Å². The number of hydrogen-bond acceptors (Lipinski definition) is 6. The van der Waals surface area contributed by atoms with Gasteiger partial charge in [0.1, 0.15) is 0 Å². The van der Waals surface area contributed by atoms with Crippen LogP contribution in [0.4, 0.5) is 4.79 Å². The van der Waals surface area contributed by atoms with Gasteiger partial charge in [0.25, 0.3) is 11.8 Å². The van der Waals surface area contributed by atoms with Crippen LogP contribution in [-0.4, -0.2) is 66.5 Å². The molecule has 8 nitrogen and oxygen atoms in total. The van der Waals surface area contributed by atoms with Crippen molar-refractivity contribution in [1.29, 1.82) is 0 Å². The number of cyclic esters (lactones) is 1. The first kappa shape index (κ1) is 16.9. The topological polar surface area (TPSA) is 93.2 Å². The van der Waals surface area contributed by atoms with Crippen molar-refractivity contribution < 1.29 is 28.7 Å². The third-order valence-electron chi connectivity index (χ3n) is 4.46. The van der Waals surface area contributed by atoms with E-state index in [0.717, 1.165) is 4.90 Å². The number of likely N-dealkylation sites (tertiary alicyclic amines) is 1. The second-order valence-electron chi connectivity index (χ2n) is 5.88. The Balaban J connectivity index is 1.69. The number of benzene rings is 1. The van der Waals surface area contributed by atoms with Gasteiger partial charge in [-0.2, -0.15) is 0 Å². The Morgan fingerprint density at radius 2 is 1.76 bits per heavy atom. The number of piperidine rings is 1. The van der Waals surface area contributed by atoms with Gasteiger partial charge in [-0.3, -0.25) is 9.59 Å². The van der Waals surface area contributed by atoms with Crippen LogP contribution < -0.4 is 0 Å². The Kier molecular flexibility index (Phi) is 4.69. The molecule has 0 saturated carbocycles. The fourth-order valence-electron chi connectivity index (χ4n) is 3.17. The number of amides is 3. The predicted molar refractivity (Wildman–Crippen MR) is 84.9 cm³/mol. The summed E-state index contributed by atoms with van der Waals surface area (Å²) in [4.78, 5) is 50.7. The maximum absolute atomic E-state index is 12.7. The average molecular weight is 346 g/mol. The summed E-state index contributed by atoms with van der Waals surface area (Å²) in [5, 5.41) is 0. The molecule has 2 aliphatic heterocycles. The quantitative estimate of drug-likeness (QED) is 0.760. The summed E-state index contributed by atoms with van der Waals surface area (Å²) < 4.78 is 9.45. The van der Waals surface area contributed by atoms with Crippen molar-refractivity contribution in [3.8, 4) is 0 Å². The van der Waals surface area contributed by atoms with E-state index in [0.29, 0.717) is 25.9 Å². The summed E-state index contributed by atoms with van der Waals surface area (Å²) in [6, 6.07) is 6.22. The molecule has 2 fully saturated rings. The van der Waals surface area contributed by atoms with Crippen LogP contribution in [0.25, 0.3) is 0 Å². The van der Waals surface area contributed by atoms with E-state index in [1.54, 1.807) is 29.2 Å². The lowest BCUT2D eigenvalue weighted by Gasteiger charge is -2.34. The Bertz CT molecular complexity index is 708. The van der Waals surface area contributed by atoms with Crippen LogP contribution in [0.15, 0.2) is 24.3 Å². The Labute approximate surface area is 144 Å². The average Bonchev–Trinajstić information content (AvgIpc) is 2.99. The molecule has 0 N–H and O–H groups in total. The van der Waals surface area contributed by atoms with E-state index in [1.165, 1.54) is 7.11 Å². The van der Waals surface area contributed by atoms with E-state index in [1.807, 2.05) is 0 Å². The zero-order valence-electron chi connectivity index (χ0n) is 13.8. The number of ether oxygens (including phenoxy) is 2. The third-order valence-corrected chi connectivity index (χ3v) is 4.46. The highest BCUT2D eigenvalue weighted by molar-refractivity contribution is 6.05. The maximum Gasteiger partial charge on any atom is 0.417 e. The van der Waals surface area contributed by atoms with Crippen molar-refractivity contribution in [3.63, 3.8) is 0 Å². The van der Waals surface area contributed by atoms with Crippen molar-refractivity contribution in [2.75, 3.05) is 26.8 Å². The predicted octanol–water partition coefficient (Wildman–Crippen LogP) is 1.06. The summed E-state index contributed by atoms with van der Waals surface area (Å²) in [5.41, 5.74) is 0.500. The summed E-state index contributed by atoms with van der Waals surface area (Å²) in [5.74, 6) is -1.18. The van der Waals surface area contributed by atoms with E-state index >= 15 is 0 Å². The lowest BCUT2D eigenvalue weighted by Crippen LogP contribution is -2.48. The van der Waals surface area contributed by atoms with Gasteiger partial charge in [0.05, 0.1) is 18.2 Å². The van der Waals surface area contributed by atoms with E-state index in [-0.39, 0.29) is 35.6 Å². The molecule has 2 saturated heterocycles. The third kappa shape index (κ3) is 3.19. The van der Waals surface area contributed by atoms with Gasteiger partial charge in [0, 0.05) is 19.1 Å². The van der Waals surface area contributed by atoms with Crippen LogP contribution in [0, 0.1) is 0 Å². The molecule has 0 bridgehead atoms. The minimum Gasteiger partial charge on any atom is -0.465 e. The summed E-state index contributed by atoms with van der Waals surface area (Å²) in [6.45, 7) is 0.552. The van der Waals surface area contributed by atoms with Gasteiger partial charge in [0.2, 0.25) is 0 Å². The number of hydrogen-bond donors (Lipinski definition) is 0. The number of carbonyl (C=O) groups excluding carboxylic acids is 4. The minimum absolute atomic E-state index is 0.218. The highest BCUT2D eigenvalue weighted by Crippen LogP contribution is 2.23. The molecule has 132 valence electrons. The van der Waals surface area contributed by atoms with Crippen molar-refractivity contribution in [1.82, 2.24) is 9.80 Å². The molecular weight excluding hydrogens is 328 g/mol. The van der Waals surface area contributed by atoms with Gasteiger partial charge in [-0.15, -0.1) is 0 Å². The minimum atomic E-state index is -0.620. The van der Waals surface area contributed by atoms with Crippen LogP contribution in [0.1, 0.15) is 33.6 Å². The SMILES string of the molecule is COC(=O)c1ccccc1C(=O)N1CCC(N2C(=O)COC2=O)CC1. The first-order chi connectivity index (χ1) is 12.0. The molecule has 2 aliphatic rings. The lowest BCUT2D eigenvalue weighted by molar-refractivity contribution is -0.127. The molecule has 3 amide bonds. The van der Waals surface area contributed by atoms with Crippen molar-refractivity contribution in [2.45, 2.75) is 18.9 Å². The molecule has 0 spiro atoms. The fraction of sp³-hybridized carbons (Fsp3) is 0.412. The molecule has 0 atom stereocenters. The van der Waals surface area contributed by atoms with Crippen molar-refractivity contribution in [2.24, 2.45) is 0 Å². The number of imide groups is 1. The number of rotatable bonds is 3. The number of methoxy groups -OCH3 is 1. The molecule has 3 rings (SSSR count). The van der Waals surface area contributed by atoms with Gasteiger partial charge in [-0.05, 0) is 25.0 Å². The Morgan fingerprint density at radius 1 is 1.12 bits per heavy atom. The molecule has 0 radical (unpaired) electrons. The van der Waals surface area contributed by atoms with Crippen molar-refractivity contribution in [3.05, 3.63) is 35.4 Å². The molecule has 0 aromatic heterocycles. The van der Waals surface area contributed by atoms with Crippen LogP contribution in [0.3, 0.4) is 0 Å². The second kappa shape index (κ2) is 6.92. The van der Waals surface area contributed by atoms with Crippen molar-refractivity contribution >= 4 is 23.9 Å². The number of carbonyl (C=O) groups is 4. The molecule has 2 heterocycles. The number of nitrogens with zero attached hydrogens (tertiary/aromatic N) is 2. The first-order valence-electron chi connectivity index (χ1n) is 7.98. The van der Waals surface area contributed by atoms with Gasteiger partial charge < -0.3 is 14.4 Å². The van der Waals surface area contributed by atoms with Gasteiger partial charge in [-0.1, -0.05) is 12.1 Å². The molecule has 0 unspecified atom stereocenters. The molecule has 1 aromatic rings. The second-order valence-corrected chi connectivity index (χ2v) is 5.88. The summed E-state index contributed by atoms with van der Waals surface area (Å²) in [6.07, 6.45) is 0.339. The standard InChI is InChI=1S/C17H18N2O6/c1-24-16(22)13-5-3-2-4-12(13)15(21)18-8-6-11(7-9-18)19-14(20)10-25-17(19)23/h2-5,11H,6-10H2,1H3. The molecular formula is C17H18N2O6. The summed E-state index contributed by atoms with van der Waals surface area (Å²) >= 11 is 0. The van der Waals surface area contributed by atoms with Gasteiger partial charge in [0.15, 0.2) is 6.61 Å². The zero-order chi connectivity index (χ0) is 18.0. The Hall–Kier alpha value is -2.90. The normalized spacial score (nSPS) is 18.3. The maximum atomic E-state index is 12.7. The van der Waals surface area contributed by atoms with Gasteiger partial charge in [-0.25, -0.2) is 14.5 Å². The number of esters is 1. The van der Waals surface area contributed by atoms with Crippen LogP contribution in [0.2, 0.25) is 0 Å². The molecule has 25 heavy (non-hydrogen) atoms. The highest BCUT2D eigenvalue weighted by Gasteiger charge is 2.39. The largest absolute Gasteiger partial charge is 0.465 e. The monoisotopic (exact) mass is 346 g/mol. The smallest absolute Gasteiger partial charge is 0.417 e. The first-order valence-corrected chi connectivity index (χ1v) is 7.98. The molecule has 8 heteroatoms. The van der Waals surface area contributed by atoms with E-state index in [4.69, 9.17) is 9.47 Å². The Morgan fingerprint density at radius 3 is 2.32 bits per heavy atom. The van der Waals surface area contributed by atoms with Crippen LogP contribution >= 0.6 is 0 Å². The molecule has 1 aromatic carbocycles. The van der Waals surface area contributed by atoms with E-state index < -0.39 is 12.1 Å². The van der Waals surface area contributed by atoms with Crippen LogP contribution in [0.5, 0.6) is 0 Å². The molecule has 0 aliphatic carbocycles.